The monoisotopic (exact) mass is 1750 g/mol. The van der Waals surface area contributed by atoms with Crippen LogP contribution >= 0.6 is 0 Å². The number of rotatable bonds is 44. The molecule has 20 heteroatoms. The van der Waals surface area contributed by atoms with Crippen LogP contribution in [0.15, 0.2) is 151 Å². The first-order valence-electron chi connectivity index (χ1n) is 47.0. The molecule has 2 fully saturated rings. The second kappa shape index (κ2) is 37.8. The third kappa shape index (κ3) is 19.7. The van der Waals surface area contributed by atoms with Crippen LogP contribution in [-0.2, 0) is 53.0 Å². The maximum atomic E-state index is 17.3. The van der Waals surface area contributed by atoms with Crippen molar-refractivity contribution < 1.29 is 83.2 Å². The summed E-state index contributed by atoms with van der Waals surface area (Å²) in [6, 6.07) is 47.1. The topological polar surface area (TPSA) is 264 Å². The van der Waals surface area contributed by atoms with Crippen molar-refractivity contribution in [3.63, 3.8) is 0 Å². The Morgan fingerprint density at radius 1 is 0.570 bits per heavy atom. The molecule has 1 radical (unpaired) electrons. The molecular formula is C108H142BN2O17. The number of benzene rings is 7. The molecule has 7 aromatic carbocycles. The van der Waals surface area contributed by atoms with Crippen LogP contribution in [0.1, 0.15) is 290 Å². The zero-order chi connectivity index (χ0) is 92.8. The maximum absolute atomic E-state index is 17.3. The van der Waals surface area contributed by atoms with Crippen LogP contribution in [0.3, 0.4) is 0 Å². The lowest BCUT2D eigenvalue weighted by molar-refractivity contribution is -0.152. The number of amides is 2. The Morgan fingerprint density at radius 2 is 1.11 bits per heavy atom. The number of carboxylic acid groups (broad SMARTS) is 1. The Morgan fingerprint density at radius 3 is 1.63 bits per heavy atom. The standard InChI is InChI=1S/C108H142BN2O17/c1-21-70(98(119)120)28-24-25-51-122-80-43-40-78(41-44-80)106(19,23-3)77-38-35-73(36-39-77)95-92-91(97(118)111(95)62-76-55-83(125-101(10,11)64-115)59-89-90(76)86-52-68(5)93(86)107(20,127-89)66-123-99(6,7)22-2)94(110(96(92)117)61-69-53-81(124-100(8,9)63-114)58-82(54-69)126-105(18,65-116)60-75-30-29-67(75)4)72-33-31-71(32-34-72)74-37-45-84-85-46-42-79(102(12,13)109-128-104(16,17)103(14,15)121)57-88(85)108(47-26-49-112,48-27-50-113)87(84)56-74/h31-46,53-59,67-68,70,75,86,93,112-116,121H,21-30,47-52,60-66H2,1-20H3,(H,119,120). The van der Waals surface area contributed by atoms with Crippen molar-refractivity contribution in [1.29, 1.82) is 0 Å². The molecule has 9 unspecified atom stereocenters. The summed E-state index contributed by atoms with van der Waals surface area (Å²) in [5.41, 5.74) is 6.44. The largest absolute Gasteiger partial charge is 0.494 e. The average Bonchev–Trinajstić information content (AvgIpc) is 1.44. The second-order valence-electron chi connectivity index (χ2n) is 41.9. The summed E-state index contributed by atoms with van der Waals surface area (Å²) < 4.78 is 47.2. The molecule has 3 aliphatic carbocycles. The summed E-state index contributed by atoms with van der Waals surface area (Å²) in [7, 11) is 1.82. The quantitative estimate of drug-likeness (QED) is 0.0138. The van der Waals surface area contributed by atoms with Gasteiger partial charge in [-0.1, -0.05) is 153 Å². The van der Waals surface area contributed by atoms with Crippen molar-refractivity contribution >= 4 is 36.7 Å². The Bertz CT molecular complexity index is 5220. The van der Waals surface area contributed by atoms with E-state index in [9.17, 15) is 40.5 Å². The van der Waals surface area contributed by atoms with E-state index < -0.39 is 73.1 Å². The van der Waals surface area contributed by atoms with Gasteiger partial charge >= 0.3 is 13.5 Å². The molecule has 3 heterocycles. The van der Waals surface area contributed by atoms with Crippen molar-refractivity contribution in [3.8, 4) is 51.0 Å². The van der Waals surface area contributed by atoms with Crippen LogP contribution in [-0.4, -0.2) is 156 Å². The minimum atomic E-state index is -1.14. The van der Waals surface area contributed by atoms with Gasteiger partial charge in [0.1, 0.15) is 51.2 Å². The summed E-state index contributed by atoms with van der Waals surface area (Å²) in [5.74, 6) is 1.63. The van der Waals surface area contributed by atoms with Crippen molar-refractivity contribution in [3.05, 3.63) is 206 Å². The Kier molecular flexibility index (Phi) is 28.6. The number of hydrogen-bond acceptors (Lipinski definition) is 16. The summed E-state index contributed by atoms with van der Waals surface area (Å²) in [5, 5.41) is 74.5. The maximum Gasteiger partial charge on any atom is 0.306 e. The van der Waals surface area contributed by atoms with Gasteiger partial charge in [0, 0.05) is 47.7 Å². The Hall–Kier alpha value is -8.83. The van der Waals surface area contributed by atoms with E-state index >= 15 is 9.59 Å². The fourth-order valence-electron chi connectivity index (χ4n) is 20.2. The number of fused-ring (bicyclic) bond motifs is 7. The molecule has 2 saturated carbocycles. The molecule has 13 rings (SSSR count). The third-order valence-electron chi connectivity index (χ3n) is 29.7. The fourth-order valence-corrected chi connectivity index (χ4v) is 20.2. The smallest absolute Gasteiger partial charge is 0.306 e. The minimum Gasteiger partial charge on any atom is -0.494 e. The summed E-state index contributed by atoms with van der Waals surface area (Å²) in [6.07, 6.45) is 9.95. The third-order valence-corrected chi connectivity index (χ3v) is 29.7. The molecule has 689 valence electrons. The first-order chi connectivity index (χ1) is 60.4. The molecule has 0 spiro atoms. The lowest BCUT2D eigenvalue weighted by atomic mass is 9.55. The highest BCUT2D eigenvalue weighted by Crippen LogP contribution is 2.62. The van der Waals surface area contributed by atoms with Gasteiger partial charge in [-0.3, -0.25) is 14.4 Å². The van der Waals surface area contributed by atoms with E-state index in [1.807, 2.05) is 122 Å². The van der Waals surface area contributed by atoms with E-state index in [1.165, 1.54) is 0 Å². The van der Waals surface area contributed by atoms with Crippen molar-refractivity contribution in [1.82, 2.24) is 9.80 Å². The zero-order valence-electron chi connectivity index (χ0n) is 79.7. The molecule has 128 heavy (non-hydrogen) atoms. The molecule has 19 nitrogen and oxygen atoms in total. The molecule has 6 aliphatic rings. The minimum absolute atomic E-state index is 0.0150. The number of carboxylic acids is 1. The first kappa shape index (κ1) is 96.7. The summed E-state index contributed by atoms with van der Waals surface area (Å²) >= 11 is 0. The predicted octanol–water partition coefficient (Wildman–Crippen LogP) is 20.1. The predicted molar refractivity (Wildman–Crippen MR) is 505 cm³/mol. The second-order valence-corrected chi connectivity index (χ2v) is 41.9. The van der Waals surface area contributed by atoms with Gasteiger partial charge in [0.15, 0.2) is 0 Å². The van der Waals surface area contributed by atoms with Gasteiger partial charge in [-0.05, 0) is 304 Å². The first-order valence-corrected chi connectivity index (χ1v) is 47.0. The number of carbonyl (C=O) groups is 3. The zero-order valence-corrected chi connectivity index (χ0v) is 79.7. The van der Waals surface area contributed by atoms with Crippen LogP contribution < -0.4 is 23.7 Å². The average molecular weight is 1750 g/mol. The molecular weight excluding hydrogens is 1610 g/mol. The molecule has 3 aliphatic heterocycles. The van der Waals surface area contributed by atoms with E-state index in [2.05, 4.69) is 130 Å². The highest BCUT2D eigenvalue weighted by molar-refractivity contribution is 6.32. The van der Waals surface area contributed by atoms with Gasteiger partial charge in [0.05, 0.1) is 91.4 Å². The van der Waals surface area contributed by atoms with E-state index in [0.29, 0.717) is 133 Å². The number of nitrogens with zero attached hydrogens (tertiary/aromatic N) is 2. The molecule has 9 atom stereocenters. The lowest BCUT2D eigenvalue weighted by Crippen LogP contribution is -2.58. The van der Waals surface area contributed by atoms with Crippen molar-refractivity contribution in [2.45, 2.75) is 303 Å². The summed E-state index contributed by atoms with van der Waals surface area (Å²) in [6.45, 7) is 39.6. The van der Waals surface area contributed by atoms with Gasteiger partial charge in [0.25, 0.3) is 11.8 Å². The molecule has 0 saturated heterocycles. The van der Waals surface area contributed by atoms with E-state index in [1.54, 1.807) is 43.6 Å². The van der Waals surface area contributed by atoms with Crippen LogP contribution in [0.5, 0.6) is 28.7 Å². The van der Waals surface area contributed by atoms with Crippen molar-refractivity contribution in [2.75, 3.05) is 46.2 Å². The lowest BCUT2D eigenvalue weighted by Gasteiger charge is -2.57. The highest BCUT2D eigenvalue weighted by atomic mass is 16.6. The van der Waals surface area contributed by atoms with Crippen molar-refractivity contribution in [2.24, 2.45) is 29.6 Å². The number of aliphatic hydroxyl groups excluding tert-OH is 5. The van der Waals surface area contributed by atoms with Crippen LogP contribution in [0.2, 0.25) is 0 Å². The Balaban J connectivity index is 0.977. The molecule has 0 bridgehead atoms. The van der Waals surface area contributed by atoms with Crippen LogP contribution in [0, 0.1) is 29.6 Å². The number of unbranched alkanes of at least 4 members (excludes halogenated alkanes) is 1. The number of aliphatic hydroxyl groups is 6. The van der Waals surface area contributed by atoms with Gasteiger partial charge in [-0.2, -0.15) is 0 Å². The number of aliphatic carboxylic acids is 1. The number of hydrogen-bond donors (Lipinski definition) is 7. The number of ether oxygens (including phenoxy) is 6. The molecule has 2 amide bonds. The SMILES string of the molecule is CCC(CCCCOc1ccc(C(C)(CC)c2ccc(C3=C4C(=O)N(Cc5cc(OC(C)(C)CO)cc(OC(C)(CO)CC6CCC6C)c5)C(c5ccc(-c6ccc7c(c6)C(CCCO)(CCCO)c6cc(C(C)(C)[B]OC(C)(C)C(C)(C)O)ccc6-7)cc5)=C4C(=O)N3Cc3cc(OC(C)(C)CO)cc4c3C3CC(C)C3C(C)(COC(C)(C)CC)O4)cc2)cc1)C(=O)O. The molecule has 0 aromatic heterocycles. The summed E-state index contributed by atoms with van der Waals surface area (Å²) in [4.78, 5) is 49.7. The normalized spacial score (nSPS) is 20.9. The Labute approximate surface area is 761 Å². The van der Waals surface area contributed by atoms with Crippen LogP contribution in [0.4, 0.5) is 0 Å². The van der Waals surface area contributed by atoms with E-state index in [-0.39, 0.29) is 80.9 Å². The van der Waals surface area contributed by atoms with Gasteiger partial charge < -0.3 is 78.6 Å². The fraction of sp³-hybridized carbons (Fsp3) is 0.546. The highest BCUT2D eigenvalue weighted by Gasteiger charge is 2.58. The molecule has 7 aromatic rings. The van der Waals surface area contributed by atoms with Gasteiger partial charge in [-0.15, -0.1) is 0 Å². The van der Waals surface area contributed by atoms with Gasteiger partial charge in [-0.25, -0.2) is 0 Å². The molecule has 7 N–H and O–H groups in total. The van der Waals surface area contributed by atoms with Gasteiger partial charge in [0.2, 0.25) is 0 Å². The van der Waals surface area contributed by atoms with Crippen LogP contribution in [0.25, 0.3) is 33.6 Å². The van der Waals surface area contributed by atoms with E-state index in [0.717, 1.165) is 99.7 Å². The van der Waals surface area contributed by atoms with E-state index in [4.69, 9.17) is 33.1 Å². The number of carbonyl (C=O) groups excluding carboxylic acids is 2.